The van der Waals surface area contributed by atoms with E-state index in [9.17, 15) is 18.0 Å². The summed E-state index contributed by atoms with van der Waals surface area (Å²) in [6.45, 7) is 2.09. The summed E-state index contributed by atoms with van der Waals surface area (Å²) in [6.07, 6.45) is -4.41. The van der Waals surface area contributed by atoms with Gasteiger partial charge in [-0.3, -0.25) is 4.79 Å². The van der Waals surface area contributed by atoms with Crippen LogP contribution in [0, 0.1) is 0 Å². The number of alkyl halides is 3. The van der Waals surface area contributed by atoms with Crippen LogP contribution in [-0.4, -0.2) is 13.0 Å². The largest absolute Gasteiger partial charge is 0.416 e. The second-order valence-corrected chi connectivity index (χ2v) is 5.45. The first-order valence-electron chi connectivity index (χ1n) is 7.37. The van der Waals surface area contributed by atoms with Crippen molar-refractivity contribution in [2.75, 3.05) is 7.11 Å². The van der Waals surface area contributed by atoms with Crippen LogP contribution in [0.3, 0.4) is 0 Å². The van der Waals surface area contributed by atoms with Gasteiger partial charge in [-0.1, -0.05) is 24.3 Å². The highest BCUT2D eigenvalue weighted by Gasteiger charge is 2.30. The number of nitrogens with one attached hydrogen (secondary N) is 1. The Labute approximate surface area is 138 Å². The van der Waals surface area contributed by atoms with Crippen LogP contribution in [-0.2, 0) is 17.5 Å². The molecule has 0 radical (unpaired) electrons. The Bertz CT molecular complexity index is 696. The quantitative estimate of drug-likeness (QED) is 0.881. The molecule has 24 heavy (non-hydrogen) atoms. The van der Waals surface area contributed by atoms with E-state index in [2.05, 4.69) is 5.32 Å². The highest BCUT2D eigenvalue weighted by atomic mass is 19.4. The lowest BCUT2D eigenvalue weighted by molar-refractivity contribution is -0.137. The van der Waals surface area contributed by atoms with Crippen molar-refractivity contribution >= 4 is 5.91 Å². The van der Waals surface area contributed by atoms with Crippen molar-refractivity contribution in [1.82, 2.24) is 5.32 Å². The number of benzene rings is 2. The topological polar surface area (TPSA) is 38.3 Å². The molecule has 1 atom stereocenters. The Hall–Kier alpha value is -2.34. The molecule has 0 fully saturated rings. The standard InChI is InChI=1S/C18H18F3NO2/c1-12(15-4-3-5-16(10-15)18(19,20)21)22-17(23)14-8-6-13(7-9-14)11-24-2/h3-10,12H,11H2,1-2H3,(H,22,23)/t12-/m0/s1. The molecule has 0 heterocycles. The summed E-state index contributed by atoms with van der Waals surface area (Å²) in [7, 11) is 1.58. The van der Waals surface area contributed by atoms with Gasteiger partial charge in [0, 0.05) is 12.7 Å². The van der Waals surface area contributed by atoms with Crippen LogP contribution in [0.1, 0.15) is 40.0 Å². The number of carbonyl (C=O) groups is 1. The normalized spacial score (nSPS) is 12.7. The van der Waals surface area contributed by atoms with Crippen LogP contribution in [0.2, 0.25) is 0 Å². The fourth-order valence-corrected chi connectivity index (χ4v) is 2.27. The summed E-state index contributed by atoms with van der Waals surface area (Å²) in [4.78, 5) is 12.2. The molecule has 0 aliphatic carbocycles. The van der Waals surface area contributed by atoms with Gasteiger partial charge in [0.2, 0.25) is 0 Å². The zero-order valence-corrected chi connectivity index (χ0v) is 13.4. The smallest absolute Gasteiger partial charge is 0.380 e. The van der Waals surface area contributed by atoms with E-state index >= 15 is 0 Å². The molecule has 2 aromatic rings. The lowest BCUT2D eigenvalue weighted by Gasteiger charge is -2.16. The van der Waals surface area contributed by atoms with Crippen LogP contribution in [0.5, 0.6) is 0 Å². The first kappa shape index (κ1) is 18.0. The first-order chi connectivity index (χ1) is 11.3. The Morgan fingerprint density at radius 2 is 1.83 bits per heavy atom. The number of hydrogen-bond acceptors (Lipinski definition) is 2. The third kappa shape index (κ3) is 4.58. The van der Waals surface area contributed by atoms with Gasteiger partial charge in [-0.15, -0.1) is 0 Å². The van der Waals surface area contributed by atoms with Crippen molar-refractivity contribution in [2.45, 2.75) is 25.7 Å². The molecule has 1 amide bonds. The minimum Gasteiger partial charge on any atom is -0.380 e. The van der Waals surface area contributed by atoms with E-state index in [1.54, 1.807) is 44.4 Å². The Morgan fingerprint density at radius 1 is 1.17 bits per heavy atom. The summed E-state index contributed by atoms with van der Waals surface area (Å²) in [5, 5.41) is 2.71. The van der Waals surface area contributed by atoms with Crippen LogP contribution in [0.4, 0.5) is 13.2 Å². The average molecular weight is 337 g/mol. The molecule has 0 saturated heterocycles. The molecule has 0 spiro atoms. The van der Waals surface area contributed by atoms with E-state index in [-0.39, 0.29) is 5.91 Å². The minimum atomic E-state index is -4.41. The van der Waals surface area contributed by atoms with Crippen LogP contribution in [0.15, 0.2) is 48.5 Å². The molecule has 2 rings (SSSR count). The molecule has 2 aromatic carbocycles. The number of halogens is 3. The van der Waals surface area contributed by atoms with Gasteiger partial charge >= 0.3 is 6.18 Å². The molecule has 6 heteroatoms. The van der Waals surface area contributed by atoms with Crippen molar-refractivity contribution in [3.8, 4) is 0 Å². The zero-order chi connectivity index (χ0) is 17.7. The van der Waals surface area contributed by atoms with Crippen LogP contribution < -0.4 is 5.32 Å². The summed E-state index contributed by atoms with van der Waals surface area (Å²) in [5.41, 5.74) is 1.04. The molecule has 0 aromatic heterocycles. The summed E-state index contributed by atoms with van der Waals surface area (Å²) in [6, 6.07) is 11.3. The monoisotopic (exact) mass is 337 g/mol. The molecule has 1 N–H and O–H groups in total. The number of ether oxygens (including phenoxy) is 1. The summed E-state index contributed by atoms with van der Waals surface area (Å²) >= 11 is 0. The number of carbonyl (C=O) groups excluding carboxylic acids is 1. The summed E-state index contributed by atoms with van der Waals surface area (Å²) < 4.78 is 43.3. The van der Waals surface area contributed by atoms with Gasteiger partial charge in [-0.05, 0) is 42.3 Å². The maximum absolute atomic E-state index is 12.8. The first-order valence-corrected chi connectivity index (χ1v) is 7.37. The zero-order valence-electron chi connectivity index (χ0n) is 13.4. The number of methoxy groups -OCH3 is 1. The maximum Gasteiger partial charge on any atom is 0.416 e. The molecular weight excluding hydrogens is 319 g/mol. The van der Waals surface area contributed by atoms with Gasteiger partial charge in [0.05, 0.1) is 18.2 Å². The average Bonchev–Trinajstić information content (AvgIpc) is 2.55. The van der Waals surface area contributed by atoms with E-state index in [1.807, 2.05) is 0 Å². The minimum absolute atomic E-state index is 0.344. The molecule has 0 unspecified atom stereocenters. The third-order valence-electron chi connectivity index (χ3n) is 3.59. The van der Waals surface area contributed by atoms with Crippen molar-refractivity contribution in [3.05, 3.63) is 70.8 Å². The Balaban J connectivity index is 2.08. The van der Waals surface area contributed by atoms with E-state index in [4.69, 9.17) is 4.74 Å². The predicted molar refractivity (Wildman–Crippen MR) is 84.5 cm³/mol. The number of amides is 1. The van der Waals surface area contributed by atoms with Gasteiger partial charge in [0.25, 0.3) is 5.91 Å². The van der Waals surface area contributed by atoms with E-state index < -0.39 is 17.8 Å². The van der Waals surface area contributed by atoms with Crippen molar-refractivity contribution in [3.63, 3.8) is 0 Å². The van der Waals surface area contributed by atoms with Crippen LogP contribution in [0.25, 0.3) is 0 Å². The van der Waals surface area contributed by atoms with E-state index in [1.165, 1.54) is 6.07 Å². The second kappa shape index (κ2) is 7.49. The molecule has 0 bridgehead atoms. The van der Waals surface area contributed by atoms with Crippen molar-refractivity contribution in [1.29, 1.82) is 0 Å². The molecule has 0 saturated carbocycles. The fraction of sp³-hybridized carbons (Fsp3) is 0.278. The van der Waals surface area contributed by atoms with E-state index in [0.29, 0.717) is 17.7 Å². The number of rotatable bonds is 5. The molecule has 0 aliphatic heterocycles. The van der Waals surface area contributed by atoms with Gasteiger partial charge in [-0.25, -0.2) is 0 Å². The van der Waals surface area contributed by atoms with Crippen LogP contribution >= 0.6 is 0 Å². The maximum atomic E-state index is 12.8. The van der Waals surface area contributed by atoms with E-state index in [0.717, 1.165) is 17.7 Å². The lowest BCUT2D eigenvalue weighted by Crippen LogP contribution is -2.26. The molecule has 128 valence electrons. The SMILES string of the molecule is COCc1ccc(C(=O)N[C@@H](C)c2cccc(C(F)(F)F)c2)cc1. The highest BCUT2D eigenvalue weighted by Crippen LogP contribution is 2.30. The molecule has 3 nitrogen and oxygen atoms in total. The summed E-state index contributed by atoms with van der Waals surface area (Å²) in [5.74, 6) is -0.344. The fourth-order valence-electron chi connectivity index (χ4n) is 2.27. The van der Waals surface area contributed by atoms with Gasteiger partial charge in [-0.2, -0.15) is 13.2 Å². The molecule has 0 aliphatic rings. The predicted octanol–water partition coefficient (Wildman–Crippen LogP) is 4.34. The Kier molecular flexibility index (Phi) is 5.62. The third-order valence-corrected chi connectivity index (χ3v) is 3.59. The van der Waals surface area contributed by atoms with Gasteiger partial charge < -0.3 is 10.1 Å². The number of hydrogen-bond donors (Lipinski definition) is 1. The second-order valence-electron chi connectivity index (χ2n) is 5.45. The Morgan fingerprint density at radius 3 is 2.42 bits per heavy atom. The van der Waals surface area contributed by atoms with Crippen molar-refractivity contribution < 1.29 is 22.7 Å². The highest BCUT2D eigenvalue weighted by molar-refractivity contribution is 5.94. The molecular formula is C18H18F3NO2. The van der Waals surface area contributed by atoms with Crippen molar-refractivity contribution in [2.24, 2.45) is 0 Å². The van der Waals surface area contributed by atoms with Gasteiger partial charge in [0.15, 0.2) is 0 Å². The van der Waals surface area contributed by atoms with Gasteiger partial charge in [0.1, 0.15) is 0 Å². The lowest BCUT2D eigenvalue weighted by atomic mass is 10.0.